The molecular weight excluding hydrogens is 638 g/mol. The third kappa shape index (κ3) is 4.94. The average molecular weight is 644 g/mol. The number of carboxylic acid groups (broad SMARTS) is 1. The quantitative estimate of drug-likeness (QED) is 0.202. The maximum atomic E-state index is 13.6. The molecule has 33 heavy (non-hydrogen) atoms. The molecule has 0 aromatic heterocycles. The summed E-state index contributed by atoms with van der Waals surface area (Å²) in [6.45, 7) is 0. The summed E-state index contributed by atoms with van der Waals surface area (Å²) in [5.74, 6) is -58.6. The summed E-state index contributed by atoms with van der Waals surface area (Å²) in [7, 11) is 0. The van der Waals surface area contributed by atoms with Crippen molar-refractivity contribution in [1.82, 2.24) is 0 Å². The predicted octanol–water partition coefficient (Wildman–Crippen LogP) is 7.18. The van der Waals surface area contributed by atoms with Gasteiger partial charge < -0.3 is 5.11 Å². The molecule has 0 heterocycles. The van der Waals surface area contributed by atoms with Crippen LogP contribution in [0.15, 0.2) is 9.66 Å². The molecule has 0 saturated heterocycles. The highest BCUT2D eigenvalue weighted by molar-refractivity contribution is 14.1. The zero-order valence-corrected chi connectivity index (χ0v) is 16.8. The van der Waals surface area contributed by atoms with E-state index in [2.05, 4.69) is 0 Å². The summed E-state index contributed by atoms with van der Waals surface area (Å²) >= 11 is 0.597. The van der Waals surface area contributed by atoms with Crippen molar-refractivity contribution in [2.24, 2.45) is 0 Å². The fraction of sp³-hybridized carbons (Fsp3) is 0.769. The van der Waals surface area contributed by atoms with Crippen molar-refractivity contribution in [2.45, 2.75) is 60.5 Å². The van der Waals surface area contributed by atoms with Gasteiger partial charge in [-0.2, -0.15) is 74.6 Å². The maximum Gasteiger partial charge on any atom is 0.460 e. The van der Waals surface area contributed by atoms with Crippen LogP contribution in [0, 0.1) is 0 Å². The number of rotatable bonds is 10. The number of hydrogen-bond acceptors (Lipinski definition) is 1. The first-order valence-corrected chi connectivity index (χ1v) is 8.42. The molecule has 0 unspecified atom stereocenters. The van der Waals surface area contributed by atoms with Gasteiger partial charge in [-0.1, -0.05) is 6.08 Å². The van der Waals surface area contributed by atoms with Crippen LogP contribution < -0.4 is 0 Å². The molecule has 0 aliphatic rings. The molecular formula is C13H6F17IO2. The molecule has 0 amide bonds. The van der Waals surface area contributed by atoms with Gasteiger partial charge in [-0.05, 0) is 26.2 Å². The van der Waals surface area contributed by atoms with Gasteiger partial charge in [-0.15, -0.1) is 0 Å². The maximum absolute atomic E-state index is 13.6. The first kappa shape index (κ1) is 31.8. The van der Waals surface area contributed by atoms with Gasteiger partial charge >= 0.3 is 53.6 Å². The molecule has 0 bridgehead atoms. The van der Waals surface area contributed by atoms with Crippen LogP contribution in [0.2, 0.25) is 0 Å². The normalized spacial score (nSPS) is 16.2. The lowest BCUT2D eigenvalue weighted by Crippen LogP contribution is -2.74. The number of aliphatic carboxylic acids is 1. The Hall–Kier alpha value is -1.25. The number of halogens is 18. The van der Waals surface area contributed by atoms with Gasteiger partial charge in [0.1, 0.15) is 0 Å². The molecule has 2 nitrogen and oxygen atoms in total. The molecule has 20 heteroatoms. The second kappa shape index (κ2) is 8.76. The Balaban J connectivity index is 6.58. The van der Waals surface area contributed by atoms with Gasteiger partial charge in [0.05, 0.1) is 6.42 Å². The Morgan fingerprint density at radius 1 is 0.606 bits per heavy atom. The molecule has 0 aliphatic carbocycles. The highest BCUT2D eigenvalue weighted by Crippen LogP contribution is 2.64. The molecule has 0 saturated carbocycles. The summed E-state index contributed by atoms with van der Waals surface area (Å²) in [6, 6.07) is 0. The molecule has 196 valence electrons. The van der Waals surface area contributed by atoms with E-state index >= 15 is 0 Å². The zero-order valence-electron chi connectivity index (χ0n) is 14.7. The van der Waals surface area contributed by atoms with Gasteiger partial charge in [0, 0.05) is 6.42 Å². The SMILES string of the molecule is O=C(O)CC=C(I)CC(F)(F)C(F)(F)C(F)(F)C(F)(F)C(F)(F)C(F)(F)C(F)(F)C(F)(F)F. The summed E-state index contributed by atoms with van der Waals surface area (Å²) in [5, 5.41) is 8.25. The lowest BCUT2D eigenvalue weighted by atomic mass is 9.88. The number of carbonyl (C=O) groups is 1. The smallest absolute Gasteiger partial charge is 0.460 e. The Labute approximate surface area is 183 Å². The second-order valence-electron chi connectivity index (χ2n) is 6.07. The lowest BCUT2D eigenvalue weighted by molar-refractivity contribution is -0.461. The van der Waals surface area contributed by atoms with Crippen LogP contribution >= 0.6 is 22.6 Å². The molecule has 0 spiro atoms. The van der Waals surface area contributed by atoms with Crippen molar-refractivity contribution in [3.8, 4) is 0 Å². The largest absolute Gasteiger partial charge is 0.481 e. The van der Waals surface area contributed by atoms with Gasteiger partial charge in [0.2, 0.25) is 0 Å². The van der Waals surface area contributed by atoms with Crippen LogP contribution in [0.5, 0.6) is 0 Å². The van der Waals surface area contributed by atoms with E-state index in [9.17, 15) is 79.4 Å². The molecule has 0 atom stereocenters. The standard InChI is InChI=1S/C13H6F17IO2/c14-6(15,3-4(31)1-2-5(32)33)7(16,17)8(18,19)9(20,21)10(22,23)11(24,25)12(26,27)13(28,29)30/h1H,2-3H2,(H,32,33). The van der Waals surface area contributed by atoms with E-state index in [1.165, 1.54) is 0 Å². The minimum Gasteiger partial charge on any atom is -0.481 e. The molecule has 0 radical (unpaired) electrons. The van der Waals surface area contributed by atoms with Crippen molar-refractivity contribution in [1.29, 1.82) is 0 Å². The van der Waals surface area contributed by atoms with Crippen molar-refractivity contribution in [3.05, 3.63) is 9.66 Å². The first-order chi connectivity index (χ1) is 14.1. The minimum absolute atomic E-state index is 0.135. The van der Waals surface area contributed by atoms with Crippen molar-refractivity contribution >= 4 is 28.6 Å². The van der Waals surface area contributed by atoms with E-state index in [1.54, 1.807) is 0 Å². The third-order valence-electron chi connectivity index (χ3n) is 3.68. The van der Waals surface area contributed by atoms with E-state index in [4.69, 9.17) is 5.11 Å². The average Bonchev–Trinajstić information content (AvgIpc) is 2.57. The summed E-state index contributed by atoms with van der Waals surface area (Å²) in [4.78, 5) is 10.2. The Kier molecular flexibility index (Phi) is 8.42. The minimum atomic E-state index is -8.67. The van der Waals surface area contributed by atoms with Crippen LogP contribution in [0.4, 0.5) is 74.6 Å². The van der Waals surface area contributed by atoms with Gasteiger partial charge in [-0.3, -0.25) is 4.79 Å². The summed E-state index contributed by atoms with van der Waals surface area (Å²) in [6.07, 6.45) is -11.7. The van der Waals surface area contributed by atoms with E-state index in [0.29, 0.717) is 22.6 Å². The highest BCUT2D eigenvalue weighted by Gasteiger charge is 2.95. The van der Waals surface area contributed by atoms with Gasteiger partial charge in [-0.25, -0.2) is 0 Å². The van der Waals surface area contributed by atoms with E-state index < -0.39 is 70.0 Å². The number of hydrogen-bond donors (Lipinski definition) is 1. The topological polar surface area (TPSA) is 37.3 Å². The Bertz CT molecular complexity index is 767. The van der Waals surface area contributed by atoms with Gasteiger partial charge in [0.15, 0.2) is 0 Å². The molecule has 0 aromatic carbocycles. The van der Waals surface area contributed by atoms with Crippen molar-refractivity contribution in [3.63, 3.8) is 0 Å². The second-order valence-corrected chi connectivity index (χ2v) is 7.46. The fourth-order valence-corrected chi connectivity index (χ4v) is 2.49. The summed E-state index contributed by atoms with van der Waals surface area (Å²) in [5.41, 5.74) is 0. The Morgan fingerprint density at radius 2 is 0.909 bits per heavy atom. The van der Waals surface area contributed by atoms with Crippen LogP contribution in [-0.2, 0) is 4.79 Å². The first-order valence-electron chi connectivity index (χ1n) is 7.34. The monoisotopic (exact) mass is 644 g/mol. The van der Waals surface area contributed by atoms with E-state index in [0.717, 1.165) is 0 Å². The predicted molar refractivity (Wildman–Crippen MR) is 79.7 cm³/mol. The molecule has 0 fully saturated rings. The van der Waals surface area contributed by atoms with Crippen LogP contribution in [0.3, 0.4) is 0 Å². The van der Waals surface area contributed by atoms with E-state index in [-0.39, 0.29) is 6.08 Å². The number of carboxylic acids is 1. The van der Waals surface area contributed by atoms with Crippen LogP contribution in [0.1, 0.15) is 12.8 Å². The van der Waals surface area contributed by atoms with E-state index in [1.807, 2.05) is 0 Å². The molecule has 1 N–H and O–H groups in total. The molecule has 0 aromatic rings. The zero-order chi connectivity index (χ0) is 27.3. The molecule has 0 rings (SSSR count). The third-order valence-corrected chi connectivity index (χ3v) is 4.50. The Morgan fingerprint density at radius 3 is 1.21 bits per heavy atom. The molecule has 0 aliphatic heterocycles. The number of allylic oxidation sites excluding steroid dienone is 1. The van der Waals surface area contributed by atoms with Crippen LogP contribution in [-0.4, -0.2) is 58.7 Å². The summed E-state index contributed by atoms with van der Waals surface area (Å²) < 4.78 is 221. The lowest BCUT2D eigenvalue weighted by Gasteiger charge is -2.42. The fourth-order valence-electron chi connectivity index (χ4n) is 1.79. The number of alkyl halides is 17. The van der Waals surface area contributed by atoms with Crippen LogP contribution in [0.25, 0.3) is 0 Å². The van der Waals surface area contributed by atoms with Crippen molar-refractivity contribution < 1.29 is 84.5 Å². The highest BCUT2D eigenvalue weighted by atomic mass is 127. The van der Waals surface area contributed by atoms with Gasteiger partial charge in [0.25, 0.3) is 0 Å². The van der Waals surface area contributed by atoms with Crippen molar-refractivity contribution in [2.75, 3.05) is 0 Å².